The van der Waals surface area contributed by atoms with Gasteiger partial charge in [-0.3, -0.25) is 0 Å². The highest BCUT2D eigenvalue weighted by molar-refractivity contribution is 5.33. The highest BCUT2D eigenvalue weighted by Gasteiger charge is 2.18. The summed E-state index contributed by atoms with van der Waals surface area (Å²) < 4.78 is 0. The van der Waals surface area contributed by atoms with Gasteiger partial charge < -0.3 is 0 Å². The Balaban J connectivity index is 2.32. The molecule has 1 fully saturated rings. The lowest BCUT2D eigenvalue weighted by Gasteiger charge is -2.12. The van der Waals surface area contributed by atoms with Gasteiger partial charge in [0.25, 0.3) is 0 Å². The first-order chi connectivity index (χ1) is 6.27. The SMILES string of the molecule is Cc1ccc(C)c(C2CCC[N]2)c1. The van der Waals surface area contributed by atoms with E-state index in [-0.39, 0.29) is 0 Å². The van der Waals surface area contributed by atoms with Crippen molar-refractivity contribution in [3.63, 3.8) is 0 Å². The lowest BCUT2D eigenvalue weighted by atomic mass is 9.98. The Bertz CT molecular complexity index is 298. The van der Waals surface area contributed by atoms with Gasteiger partial charge in [-0.1, -0.05) is 23.8 Å². The zero-order valence-corrected chi connectivity index (χ0v) is 8.38. The molecule has 0 spiro atoms. The second-order valence-corrected chi connectivity index (χ2v) is 3.92. The number of hydrogen-bond donors (Lipinski definition) is 0. The Morgan fingerprint density at radius 3 is 2.85 bits per heavy atom. The number of aryl methyl sites for hydroxylation is 2. The van der Waals surface area contributed by atoms with E-state index in [1.54, 1.807) is 0 Å². The third-order valence-corrected chi connectivity index (χ3v) is 2.78. The van der Waals surface area contributed by atoms with E-state index in [0.29, 0.717) is 6.04 Å². The summed E-state index contributed by atoms with van der Waals surface area (Å²) in [5, 5.41) is 4.61. The maximum absolute atomic E-state index is 4.61. The summed E-state index contributed by atoms with van der Waals surface area (Å²) in [7, 11) is 0. The summed E-state index contributed by atoms with van der Waals surface area (Å²) in [4.78, 5) is 0. The van der Waals surface area contributed by atoms with Crippen molar-refractivity contribution in [3.05, 3.63) is 34.9 Å². The smallest absolute Gasteiger partial charge is 0.0498 e. The molecule has 1 saturated heterocycles. The van der Waals surface area contributed by atoms with Crippen LogP contribution in [0.4, 0.5) is 0 Å². The lowest BCUT2D eigenvalue weighted by molar-refractivity contribution is 0.631. The minimum atomic E-state index is 0.486. The molecule has 0 aliphatic carbocycles. The molecule has 1 unspecified atom stereocenters. The van der Waals surface area contributed by atoms with Crippen LogP contribution in [0.5, 0.6) is 0 Å². The van der Waals surface area contributed by atoms with Crippen LogP contribution in [0, 0.1) is 13.8 Å². The maximum Gasteiger partial charge on any atom is 0.0498 e. The van der Waals surface area contributed by atoms with Gasteiger partial charge in [-0.15, -0.1) is 0 Å². The Hall–Kier alpha value is -0.820. The van der Waals surface area contributed by atoms with Crippen molar-refractivity contribution in [1.82, 2.24) is 5.32 Å². The van der Waals surface area contributed by atoms with Crippen molar-refractivity contribution in [2.24, 2.45) is 0 Å². The van der Waals surface area contributed by atoms with Crippen LogP contribution in [0.1, 0.15) is 35.6 Å². The van der Waals surface area contributed by atoms with E-state index >= 15 is 0 Å². The van der Waals surface area contributed by atoms with E-state index in [4.69, 9.17) is 0 Å². The van der Waals surface area contributed by atoms with Crippen LogP contribution >= 0.6 is 0 Å². The molecule has 13 heavy (non-hydrogen) atoms. The van der Waals surface area contributed by atoms with Crippen molar-refractivity contribution < 1.29 is 0 Å². The Labute approximate surface area is 80.2 Å². The van der Waals surface area contributed by atoms with E-state index < -0.39 is 0 Å². The molecule has 0 N–H and O–H groups in total. The Morgan fingerprint density at radius 2 is 2.15 bits per heavy atom. The lowest BCUT2D eigenvalue weighted by Crippen LogP contribution is -2.06. The average molecular weight is 174 g/mol. The predicted octanol–water partition coefficient (Wildman–Crippen LogP) is 2.74. The molecule has 1 radical (unpaired) electrons. The van der Waals surface area contributed by atoms with Gasteiger partial charge in [0.15, 0.2) is 0 Å². The summed E-state index contributed by atoms with van der Waals surface area (Å²) in [5.74, 6) is 0. The minimum absolute atomic E-state index is 0.486. The molecular formula is C12H16N. The molecule has 0 bridgehead atoms. The third-order valence-electron chi connectivity index (χ3n) is 2.78. The van der Waals surface area contributed by atoms with Gasteiger partial charge in [-0.05, 0) is 37.8 Å². The molecule has 1 aromatic carbocycles. The molecule has 69 valence electrons. The second kappa shape index (κ2) is 3.51. The summed E-state index contributed by atoms with van der Waals surface area (Å²) in [6.07, 6.45) is 2.50. The van der Waals surface area contributed by atoms with Crippen LogP contribution in [0.15, 0.2) is 18.2 Å². The highest BCUT2D eigenvalue weighted by Crippen LogP contribution is 2.27. The Morgan fingerprint density at radius 1 is 1.31 bits per heavy atom. The zero-order valence-electron chi connectivity index (χ0n) is 8.38. The number of rotatable bonds is 1. The van der Waals surface area contributed by atoms with Crippen LogP contribution < -0.4 is 5.32 Å². The standard InChI is InChI=1S/C12H16N/c1-9-5-6-10(2)11(8-9)12-4-3-7-13-12/h5-6,8,12H,3-4,7H2,1-2H3. The fourth-order valence-corrected chi connectivity index (χ4v) is 2.00. The van der Waals surface area contributed by atoms with Crippen molar-refractivity contribution in [3.8, 4) is 0 Å². The van der Waals surface area contributed by atoms with Gasteiger partial charge in [0.1, 0.15) is 0 Å². The predicted molar refractivity (Wildman–Crippen MR) is 54.9 cm³/mol. The highest BCUT2D eigenvalue weighted by atomic mass is 14.9. The monoisotopic (exact) mass is 174 g/mol. The maximum atomic E-state index is 4.61. The fraction of sp³-hybridized carbons (Fsp3) is 0.500. The molecule has 1 nitrogen and oxygen atoms in total. The van der Waals surface area contributed by atoms with Crippen LogP contribution in [-0.2, 0) is 0 Å². The molecule has 1 heteroatoms. The topological polar surface area (TPSA) is 14.1 Å². The molecule has 1 aliphatic rings. The van der Waals surface area contributed by atoms with Gasteiger partial charge in [0, 0.05) is 12.6 Å². The van der Waals surface area contributed by atoms with Gasteiger partial charge in [0.05, 0.1) is 0 Å². The fourth-order valence-electron chi connectivity index (χ4n) is 2.00. The van der Waals surface area contributed by atoms with Crippen LogP contribution in [0.3, 0.4) is 0 Å². The molecule has 1 heterocycles. The van der Waals surface area contributed by atoms with E-state index in [0.717, 1.165) is 6.54 Å². The molecular weight excluding hydrogens is 158 g/mol. The zero-order chi connectivity index (χ0) is 9.26. The van der Waals surface area contributed by atoms with Crippen molar-refractivity contribution in [2.75, 3.05) is 6.54 Å². The molecule has 1 aliphatic heterocycles. The van der Waals surface area contributed by atoms with Gasteiger partial charge in [0.2, 0.25) is 0 Å². The molecule has 1 atom stereocenters. The molecule has 1 aromatic rings. The largest absolute Gasteiger partial charge is 0.234 e. The van der Waals surface area contributed by atoms with Crippen molar-refractivity contribution >= 4 is 0 Å². The quantitative estimate of drug-likeness (QED) is 0.621. The molecule has 0 aromatic heterocycles. The Kier molecular flexibility index (Phi) is 2.36. The first-order valence-corrected chi connectivity index (χ1v) is 5.01. The van der Waals surface area contributed by atoms with E-state index in [9.17, 15) is 0 Å². The number of nitrogens with zero attached hydrogens (tertiary/aromatic N) is 1. The van der Waals surface area contributed by atoms with Gasteiger partial charge in [-0.2, -0.15) is 0 Å². The molecule has 0 amide bonds. The van der Waals surface area contributed by atoms with Crippen LogP contribution in [0.2, 0.25) is 0 Å². The van der Waals surface area contributed by atoms with Gasteiger partial charge in [-0.25, -0.2) is 5.32 Å². The summed E-state index contributed by atoms with van der Waals surface area (Å²) >= 11 is 0. The van der Waals surface area contributed by atoms with Crippen molar-refractivity contribution in [1.29, 1.82) is 0 Å². The molecule has 2 rings (SSSR count). The number of benzene rings is 1. The summed E-state index contributed by atoms with van der Waals surface area (Å²) in [5.41, 5.74) is 4.18. The summed E-state index contributed by atoms with van der Waals surface area (Å²) in [6, 6.07) is 7.15. The van der Waals surface area contributed by atoms with Crippen LogP contribution in [-0.4, -0.2) is 6.54 Å². The van der Waals surface area contributed by atoms with E-state index in [2.05, 4.69) is 37.4 Å². The first-order valence-electron chi connectivity index (χ1n) is 5.01. The van der Waals surface area contributed by atoms with E-state index in [1.807, 2.05) is 0 Å². The second-order valence-electron chi connectivity index (χ2n) is 3.92. The van der Waals surface area contributed by atoms with Gasteiger partial charge >= 0.3 is 0 Å². The third kappa shape index (κ3) is 1.75. The average Bonchev–Trinajstić information content (AvgIpc) is 2.61. The van der Waals surface area contributed by atoms with Crippen LogP contribution in [0.25, 0.3) is 0 Å². The first kappa shape index (κ1) is 8.76. The van der Waals surface area contributed by atoms with E-state index in [1.165, 1.54) is 29.5 Å². The summed E-state index contributed by atoms with van der Waals surface area (Å²) in [6.45, 7) is 5.39. The minimum Gasteiger partial charge on any atom is -0.234 e. The normalized spacial score (nSPS) is 22.2. The van der Waals surface area contributed by atoms with Crippen molar-refractivity contribution in [2.45, 2.75) is 32.7 Å². The molecule has 0 saturated carbocycles. The number of hydrogen-bond acceptors (Lipinski definition) is 0.